The van der Waals surface area contributed by atoms with Gasteiger partial charge in [-0.25, -0.2) is 9.37 Å². The van der Waals surface area contributed by atoms with Gasteiger partial charge in [-0.15, -0.1) is 11.3 Å². The molecule has 15 heteroatoms. The Hall–Kier alpha value is -4.13. The zero-order valence-corrected chi connectivity index (χ0v) is 26.4. The highest BCUT2D eigenvalue weighted by atomic mass is 35.5. The molecule has 2 aromatic carbocycles. The third kappa shape index (κ3) is 5.08. The topological polar surface area (TPSA) is 160 Å². The molecule has 46 heavy (non-hydrogen) atoms. The molecule has 4 N–H and O–H groups in total. The monoisotopic (exact) mass is 661 g/mol. The van der Waals surface area contributed by atoms with Crippen molar-refractivity contribution in [1.82, 2.24) is 30.0 Å². The Morgan fingerprint density at radius 1 is 1.24 bits per heavy atom. The number of nitrogens with two attached hydrogens (primary N) is 1. The first-order valence-corrected chi connectivity index (χ1v) is 16.2. The number of benzene rings is 2. The molecule has 1 atom stereocenters. The normalized spacial score (nSPS) is 18.3. The summed E-state index contributed by atoms with van der Waals surface area (Å²) in [7, 11) is 2.04. The highest BCUT2D eigenvalue weighted by Gasteiger charge is 2.31. The Kier molecular flexibility index (Phi) is 7.38. The van der Waals surface area contributed by atoms with Crippen LogP contribution in [0.3, 0.4) is 0 Å². The number of ether oxygens (including phenoxy) is 3. The molecule has 12 nitrogen and oxygen atoms in total. The minimum atomic E-state index is -0.459. The lowest BCUT2D eigenvalue weighted by atomic mass is 9.91. The van der Waals surface area contributed by atoms with Gasteiger partial charge in [0.1, 0.15) is 41.2 Å². The maximum atomic E-state index is 15.0. The van der Waals surface area contributed by atoms with Gasteiger partial charge in [-0.2, -0.15) is 20.3 Å². The molecule has 2 fully saturated rings. The van der Waals surface area contributed by atoms with Crippen molar-refractivity contribution in [3.8, 4) is 23.2 Å². The smallest absolute Gasteiger partial charge is 0.319 e. The second kappa shape index (κ2) is 11.6. The lowest BCUT2D eigenvalue weighted by molar-refractivity contribution is -0.0416. The standard InChI is InChI=1S/C31H29ClFN9O3S/c1-42-6-7-44-15(10-42)11-45-31-38-26-24(30(39-31)36-9-21-37-29(41-40-21)14-2-3-14)19-13-43-12-18(19)22(25(26)32)16-4-5-20(33)27-23(16)17(8-34)28(35)46-27/h4-5,14-15H,2-3,6-7,9-13,35H2,1H3,(H,36,38,39)(H,37,40,41)/t15-/m1/s1. The maximum Gasteiger partial charge on any atom is 0.319 e. The Labute approximate surface area is 271 Å². The summed E-state index contributed by atoms with van der Waals surface area (Å²) in [6.07, 6.45) is 2.05. The van der Waals surface area contributed by atoms with Crippen molar-refractivity contribution in [3.63, 3.8) is 0 Å². The first-order chi connectivity index (χ1) is 22.4. The van der Waals surface area contributed by atoms with E-state index in [4.69, 9.17) is 41.5 Å². The van der Waals surface area contributed by atoms with Crippen LogP contribution in [-0.4, -0.2) is 69.5 Å². The van der Waals surface area contributed by atoms with E-state index in [-0.39, 0.29) is 42.5 Å². The number of fused-ring (bicyclic) bond motifs is 4. The number of halogens is 2. The molecular weight excluding hydrogens is 633 g/mol. The van der Waals surface area contributed by atoms with Gasteiger partial charge >= 0.3 is 6.01 Å². The molecule has 0 radical (unpaired) electrons. The summed E-state index contributed by atoms with van der Waals surface area (Å²) in [6, 6.07) is 5.28. The van der Waals surface area contributed by atoms with E-state index in [1.165, 1.54) is 6.07 Å². The molecule has 0 amide bonds. The van der Waals surface area contributed by atoms with Crippen LogP contribution in [0.25, 0.3) is 32.1 Å². The van der Waals surface area contributed by atoms with Gasteiger partial charge in [0.2, 0.25) is 0 Å². The lowest BCUT2D eigenvalue weighted by Gasteiger charge is -2.29. The minimum Gasteiger partial charge on any atom is -0.461 e. The third-order valence-corrected chi connectivity index (χ3v) is 10.0. The Morgan fingerprint density at radius 3 is 2.89 bits per heavy atom. The van der Waals surface area contributed by atoms with E-state index in [0.717, 1.165) is 54.2 Å². The van der Waals surface area contributed by atoms with Crippen LogP contribution in [0.2, 0.25) is 5.02 Å². The molecule has 0 unspecified atom stereocenters. The number of likely N-dealkylation sites (N-methyl/N-ethyl adjacent to an activating group) is 1. The van der Waals surface area contributed by atoms with Crippen molar-refractivity contribution >= 4 is 54.7 Å². The molecule has 236 valence electrons. The highest BCUT2D eigenvalue weighted by Crippen LogP contribution is 2.49. The molecule has 1 aliphatic carbocycles. The lowest BCUT2D eigenvalue weighted by Crippen LogP contribution is -2.42. The van der Waals surface area contributed by atoms with Crippen LogP contribution in [0.5, 0.6) is 6.01 Å². The molecule has 8 rings (SSSR count). The molecule has 0 spiro atoms. The number of H-pyrrole nitrogens is 1. The van der Waals surface area contributed by atoms with Gasteiger partial charge in [0.25, 0.3) is 0 Å². The molecule has 0 bridgehead atoms. The summed E-state index contributed by atoms with van der Waals surface area (Å²) >= 11 is 8.32. The van der Waals surface area contributed by atoms with Crippen LogP contribution < -0.4 is 15.8 Å². The van der Waals surface area contributed by atoms with Crippen LogP contribution in [-0.2, 0) is 29.2 Å². The zero-order valence-electron chi connectivity index (χ0n) is 24.8. The van der Waals surface area contributed by atoms with E-state index in [1.54, 1.807) is 6.07 Å². The van der Waals surface area contributed by atoms with Crippen LogP contribution in [0.4, 0.5) is 15.2 Å². The number of nitriles is 1. The number of nitrogens with zero attached hydrogens (tertiary/aromatic N) is 6. The number of hydrogen-bond acceptors (Lipinski definition) is 12. The van der Waals surface area contributed by atoms with Gasteiger partial charge in [0.15, 0.2) is 5.82 Å². The summed E-state index contributed by atoms with van der Waals surface area (Å²) in [6.45, 7) is 3.31. The largest absolute Gasteiger partial charge is 0.461 e. The van der Waals surface area contributed by atoms with Crippen molar-refractivity contribution < 1.29 is 18.6 Å². The summed E-state index contributed by atoms with van der Waals surface area (Å²) in [5.41, 5.74) is 9.66. The van der Waals surface area contributed by atoms with Gasteiger partial charge in [-0.05, 0) is 42.6 Å². The fraction of sp³-hybridized carbons (Fsp3) is 0.387. The predicted octanol–water partition coefficient (Wildman–Crippen LogP) is 5.11. The van der Waals surface area contributed by atoms with Crippen molar-refractivity contribution in [3.05, 3.63) is 51.3 Å². The van der Waals surface area contributed by atoms with Gasteiger partial charge in [-0.1, -0.05) is 17.7 Å². The van der Waals surface area contributed by atoms with Crippen LogP contribution in [0.1, 0.15) is 47.1 Å². The van der Waals surface area contributed by atoms with E-state index < -0.39 is 5.82 Å². The molecule has 1 saturated heterocycles. The zero-order chi connectivity index (χ0) is 31.5. The number of rotatable bonds is 8. The second-order valence-corrected chi connectivity index (χ2v) is 13.2. The average Bonchev–Trinajstić information content (AvgIpc) is 3.43. The molecule has 5 aromatic rings. The number of hydrogen-bond donors (Lipinski definition) is 3. The van der Waals surface area contributed by atoms with Gasteiger partial charge < -0.3 is 30.2 Å². The fourth-order valence-electron chi connectivity index (χ4n) is 6.21. The van der Waals surface area contributed by atoms with Crippen LogP contribution >= 0.6 is 22.9 Å². The molecular formula is C31H29ClFN9O3S. The SMILES string of the molecule is CN1CCO[C@@H](COc2nc(NCc3nc(C4CC4)n[nH]3)c3c4c(c(-c5ccc(F)c6sc(N)c(C#N)c56)c(Cl)c3n2)COC4)C1. The summed E-state index contributed by atoms with van der Waals surface area (Å²) in [4.78, 5) is 16.4. The van der Waals surface area contributed by atoms with E-state index in [0.29, 0.717) is 67.9 Å². The number of nitrogen functional groups attached to an aromatic ring is 1. The van der Waals surface area contributed by atoms with Crippen LogP contribution in [0.15, 0.2) is 12.1 Å². The minimum absolute atomic E-state index is 0.122. The number of thiophene rings is 1. The first-order valence-electron chi connectivity index (χ1n) is 15.0. The van der Waals surface area contributed by atoms with Gasteiger partial charge in [0.05, 0.1) is 52.6 Å². The van der Waals surface area contributed by atoms with E-state index in [9.17, 15) is 9.65 Å². The van der Waals surface area contributed by atoms with E-state index in [1.807, 2.05) is 7.05 Å². The molecule has 5 heterocycles. The Bertz CT molecular complexity index is 2060. The Morgan fingerprint density at radius 2 is 2.09 bits per heavy atom. The number of morpholine rings is 1. The van der Waals surface area contributed by atoms with Crippen molar-refractivity contribution in [1.29, 1.82) is 5.26 Å². The van der Waals surface area contributed by atoms with Gasteiger partial charge in [0, 0.05) is 30.0 Å². The molecule has 1 saturated carbocycles. The quantitative estimate of drug-likeness (QED) is 0.203. The second-order valence-electron chi connectivity index (χ2n) is 11.8. The number of aromatic nitrogens is 5. The maximum absolute atomic E-state index is 15.0. The van der Waals surface area contributed by atoms with Crippen molar-refractivity contribution in [2.45, 2.75) is 44.6 Å². The van der Waals surface area contributed by atoms with Gasteiger partial charge in [-0.3, -0.25) is 5.10 Å². The number of anilines is 2. The van der Waals surface area contributed by atoms with E-state index >= 15 is 0 Å². The highest BCUT2D eigenvalue weighted by molar-refractivity contribution is 7.23. The summed E-state index contributed by atoms with van der Waals surface area (Å²) in [5, 5.41) is 22.4. The first kappa shape index (κ1) is 29.3. The fourth-order valence-corrected chi connectivity index (χ4v) is 7.51. The average molecular weight is 662 g/mol. The van der Waals surface area contributed by atoms with Crippen molar-refractivity contribution in [2.24, 2.45) is 0 Å². The predicted molar refractivity (Wildman–Crippen MR) is 171 cm³/mol. The van der Waals surface area contributed by atoms with Crippen molar-refractivity contribution in [2.75, 3.05) is 44.4 Å². The Balaban J connectivity index is 1.27. The molecule has 2 aliphatic heterocycles. The van der Waals surface area contributed by atoms with E-state index in [2.05, 4.69) is 31.5 Å². The summed E-state index contributed by atoms with van der Waals surface area (Å²) in [5.74, 6) is 1.96. The van der Waals surface area contributed by atoms with Crippen LogP contribution in [0, 0.1) is 17.1 Å². The molecule has 3 aliphatic rings. The summed E-state index contributed by atoms with van der Waals surface area (Å²) < 4.78 is 33.3. The number of aromatic amines is 1. The third-order valence-electron chi connectivity index (χ3n) is 8.63. The molecule has 3 aromatic heterocycles. The number of nitrogens with one attached hydrogen (secondary N) is 2.